The summed E-state index contributed by atoms with van der Waals surface area (Å²) in [6.45, 7) is 0.507. The van der Waals surface area contributed by atoms with Crippen molar-refractivity contribution in [3.05, 3.63) is 59.9 Å². The topological polar surface area (TPSA) is 80.0 Å². The number of carbonyl (C=O) groups is 1. The molecule has 1 heterocycles. The van der Waals surface area contributed by atoms with Crippen molar-refractivity contribution in [3.8, 4) is 0 Å². The molecule has 6 heteroatoms. The number of amides is 1. The van der Waals surface area contributed by atoms with Gasteiger partial charge in [0, 0.05) is 0 Å². The van der Waals surface area contributed by atoms with E-state index in [1.165, 1.54) is 11.7 Å². The second-order valence-corrected chi connectivity index (χ2v) is 4.38. The van der Waals surface area contributed by atoms with Crippen molar-refractivity contribution in [2.75, 3.05) is 0 Å². The van der Waals surface area contributed by atoms with Crippen LogP contribution >= 0.6 is 0 Å². The van der Waals surface area contributed by atoms with Crippen molar-refractivity contribution in [2.45, 2.75) is 6.54 Å². The molecule has 0 atom stereocenters. The molecule has 0 radical (unpaired) electrons. The number of rotatable bonds is 3. The number of nitrogens with one attached hydrogen (secondary N) is 1. The first-order valence-corrected chi connectivity index (χ1v) is 6.09. The van der Waals surface area contributed by atoms with E-state index in [0.29, 0.717) is 6.54 Å². The molecule has 3 aromatic rings. The summed E-state index contributed by atoms with van der Waals surface area (Å²) in [7, 11) is 0. The molecule has 0 spiro atoms. The Balaban J connectivity index is 1.93. The van der Waals surface area contributed by atoms with E-state index in [1.54, 1.807) is 4.68 Å². The Bertz CT molecular complexity index is 761. The molecule has 0 aliphatic rings. The van der Waals surface area contributed by atoms with Crippen LogP contribution in [0.25, 0.3) is 10.8 Å². The van der Waals surface area contributed by atoms with Gasteiger partial charge in [-0.1, -0.05) is 47.7 Å². The van der Waals surface area contributed by atoms with Crippen LogP contribution in [-0.2, 0) is 6.54 Å². The molecule has 0 aliphatic heterocycles. The minimum atomic E-state index is -0.672. The molecule has 2 N–H and O–H groups in total. The van der Waals surface area contributed by atoms with E-state index in [0.717, 1.165) is 16.3 Å². The Labute approximate surface area is 114 Å². The van der Waals surface area contributed by atoms with E-state index in [9.17, 15) is 4.79 Å². The highest BCUT2D eigenvalue weighted by atomic mass is 16.5. The van der Waals surface area contributed by atoms with Crippen molar-refractivity contribution in [2.24, 2.45) is 0 Å². The third kappa shape index (κ3) is 2.24. The van der Waals surface area contributed by atoms with Gasteiger partial charge in [0.1, 0.15) is 0 Å². The van der Waals surface area contributed by atoms with Gasteiger partial charge in [0.2, 0.25) is 0 Å². The largest absolute Gasteiger partial charge is 0.296 e. The van der Waals surface area contributed by atoms with Crippen LogP contribution in [0, 0.1) is 0 Å². The lowest BCUT2D eigenvalue weighted by molar-refractivity contribution is 0.0700. The van der Waals surface area contributed by atoms with Gasteiger partial charge < -0.3 is 0 Å². The molecule has 0 saturated heterocycles. The summed E-state index contributed by atoms with van der Waals surface area (Å²) >= 11 is 0. The van der Waals surface area contributed by atoms with Gasteiger partial charge in [-0.25, -0.2) is 10.2 Å². The number of hydrogen-bond donors (Lipinski definition) is 2. The quantitative estimate of drug-likeness (QED) is 0.558. The molecule has 100 valence electrons. The number of hydroxylamine groups is 1. The van der Waals surface area contributed by atoms with E-state index >= 15 is 0 Å². The highest BCUT2D eigenvalue weighted by Crippen LogP contribution is 2.19. The zero-order valence-electron chi connectivity index (χ0n) is 10.5. The second-order valence-electron chi connectivity index (χ2n) is 4.38. The Morgan fingerprint density at radius 1 is 1.20 bits per heavy atom. The number of nitrogens with zero attached hydrogens (tertiary/aromatic N) is 3. The van der Waals surface area contributed by atoms with Crippen LogP contribution in [0.5, 0.6) is 0 Å². The predicted molar refractivity (Wildman–Crippen MR) is 72.3 cm³/mol. The summed E-state index contributed by atoms with van der Waals surface area (Å²) in [5.74, 6) is -0.672. The summed E-state index contributed by atoms with van der Waals surface area (Å²) in [4.78, 5) is 11.2. The van der Waals surface area contributed by atoms with Crippen LogP contribution in [0.4, 0.5) is 0 Å². The predicted octanol–water partition coefficient (Wildman–Crippen LogP) is 1.60. The van der Waals surface area contributed by atoms with E-state index in [2.05, 4.69) is 10.3 Å². The monoisotopic (exact) mass is 268 g/mol. The molecule has 6 nitrogen and oxygen atoms in total. The Kier molecular flexibility index (Phi) is 3.14. The third-order valence-corrected chi connectivity index (χ3v) is 3.09. The fraction of sp³-hybridized carbons (Fsp3) is 0.0714. The second kappa shape index (κ2) is 5.10. The standard InChI is InChI=1S/C14H12N4O2/c19-14(16-20)13-9-18(17-15-13)8-11-6-3-5-10-4-1-2-7-12(10)11/h1-7,9,20H,8H2,(H,16,19). The van der Waals surface area contributed by atoms with Gasteiger partial charge in [0.25, 0.3) is 5.91 Å². The zero-order valence-corrected chi connectivity index (χ0v) is 10.5. The van der Waals surface area contributed by atoms with Gasteiger partial charge in [-0.2, -0.15) is 0 Å². The van der Waals surface area contributed by atoms with Crippen molar-refractivity contribution < 1.29 is 10.0 Å². The first kappa shape index (κ1) is 12.3. The van der Waals surface area contributed by atoms with Crippen molar-refractivity contribution >= 4 is 16.7 Å². The average Bonchev–Trinajstić information content (AvgIpc) is 2.95. The molecule has 1 aromatic heterocycles. The minimum absolute atomic E-state index is 0.0766. The number of hydrogen-bond acceptors (Lipinski definition) is 4. The van der Waals surface area contributed by atoms with Crippen molar-refractivity contribution in [3.63, 3.8) is 0 Å². The Morgan fingerprint density at radius 3 is 2.85 bits per heavy atom. The van der Waals surface area contributed by atoms with Crippen LogP contribution in [-0.4, -0.2) is 26.1 Å². The Morgan fingerprint density at radius 2 is 2.00 bits per heavy atom. The molecule has 3 rings (SSSR count). The minimum Gasteiger partial charge on any atom is -0.288 e. The van der Waals surface area contributed by atoms with E-state index < -0.39 is 5.91 Å². The van der Waals surface area contributed by atoms with E-state index in [-0.39, 0.29) is 5.69 Å². The Hall–Kier alpha value is -2.73. The molecule has 0 unspecified atom stereocenters. The summed E-state index contributed by atoms with van der Waals surface area (Å²) < 4.78 is 1.56. The summed E-state index contributed by atoms with van der Waals surface area (Å²) in [5.41, 5.74) is 2.70. The van der Waals surface area contributed by atoms with Crippen LogP contribution in [0.1, 0.15) is 16.1 Å². The number of carbonyl (C=O) groups excluding carboxylic acids is 1. The van der Waals surface area contributed by atoms with Crippen molar-refractivity contribution in [1.29, 1.82) is 0 Å². The van der Waals surface area contributed by atoms with Crippen LogP contribution < -0.4 is 5.48 Å². The van der Waals surface area contributed by atoms with E-state index in [1.807, 2.05) is 42.5 Å². The smallest absolute Gasteiger partial charge is 0.288 e. The van der Waals surface area contributed by atoms with Crippen LogP contribution in [0.3, 0.4) is 0 Å². The summed E-state index contributed by atoms with van der Waals surface area (Å²) in [6.07, 6.45) is 1.49. The molecule has 0 saturated carbocycles. The number of benzene rings is 2. The van der Waals surface area contributed by atoms with Gasteiger partial charge in [-0.05, 0) is 16.3 Å². The highest BCUT2D eigenvalue weighted by molar-refractivity contribution is 5.90. The molecule has 0 fully saturated rings. The number of fused-ring (bicyclic) bond motifs is 1. The lowest BCUT2D eigenvalue weighted by Gasteiger charge is -2.05. The average molecular weight is 268 g/mol. The van der Waals surface area contributed by atoms with Gasteiger partial charge in [0.05, 0.1) is 12.7 Å². The molecule has 20 heavy (non-hydrogen) atoms. The molecular weight excluding hydrogens is 256 g/mol. The van der Waals surface area contributed by atoms with Crippen molar-refractivity contribution in [1.82, 2.24) is 20.5 Å². The van der Waals surface area contributed by atoms with Crippen LogP contribution in [0.15, 0.2) is 48.7 Å². The highest BCUT2D eigenvalue weighted by Gasteiger charge is 2.10. The molecular formula is C14H12N4O2. The van der Waals surface area contributed by atoms with Gasteiger partial charge in [-0.15, -0.1) is 5.10 Å². The first-order chi connectivity index (χ1) is 9.78. The van der Waals surface area contributed by atoms with Gasteiger partial charge in [-0.3, -0.25) is 10.0 Å². The maximum atomic E-state index is 11.2. The fourth-order valence-electron chi connectivity index (χ4n) is 2.14. The SMILES string of the molecule is O=C(NO)c1cn(Cc2cccc3ccccc23)nn1. The first-order valence-electron chi connectivity index (χ1n) is 6.09. The fourth-order valence-corrected chi connectivity index (χ4v) is 2.14. The molecule has 2 aromatic carbocycles. The maximum absolute atomic E-state index is 11.2. The summed E-state index contributed by atoms with van der Waals surface area (Å²) in [6, 6.07) is 14.1. The number of aromatic nitrogens is 3. The van der Waals surface area contributed by atoms with Gasteiger partial charge >= 0.3 is 0 Å². The third-order valence-electron chi connectivity index (χ3n) is 3.09. The molecule has 0 aliphatic carbocycles. The lowest BCUT2D eigenvalue weighted by atomic mass is 10.0. The maximum Gasteiger partial charge on any atom is 0.296 e. The molecule has 1 amide bonds. The van der Waals surface area contributed by atoms with Gasteiger partial charge in [0.15, 0.2) is 5.69 Å². The van der Waals surface area contributed by atoms with Crippen LogP contribution in [0.2, 0.25) is 0 Å². The molecule has 0 bridgehead atoms. The van der Waals surface area contributed by atoms with E-state index in [4.69, 9.17) is 5.21 Å². The lowest BCUT2D eigenvalue weighted by Crippen LogP contribution is -2.18. The summed E-state index contributed by atoms with van der Waals surface area (Å²) in [5, 5.41) is 18.4. The normalized spacial score (nSPS) is 10.7. The zero-order chi connectivity index (χ0) is 13.9.